The molecular formula is C16H26BrNO. The van der Waals surface area contributed by atoms with Crippen LogP contribution in [0.25, 0.3) is 0 Å². The van der Waals surface area contributed by atoms with Crippen LogP contribution >= 0.6 is 15.9 Å². The van der Waals surface area contributed by atoms with E-state index in [-0.39, 0.29) is 6.04 Å². The van der Waals surface area contributed by atoms with E-state index < -0.39 is 0 Å². The first-order chi connectivity index (χ1) is 9.17. The molecule has 0 saturated carbocycles. The second-order valence-electron chi connectivity index (χ2n) is 5.03. The fourth-order valence-electron chi connectivity index (χ4n) is 1.99. The van der Waals surface area contributed by atoms with Crippen LogP contribution in [0.5, 0.6) is 5.75 Å². The van der Waals surface area contributed by atoms with Crippen LogP contribution in [0, 0.1) is 0 Å². The van der Waals surface area contributed by atoms with E-state index in [1.807, 2.05) is 12.1 Å². The molecule has 0 aliphatic carbocycles. The minimum atomic E-state index is 0.205. The number of unbranched alkanes of at least 4 members (excludes halogenated alkanes) is 3. The zero-order valence-electron chi connectivity index (χ0n) is 12.1. The Kier molecular flexibility index (Phi) is 8.15. The summed E-state index contributed by atoms with van der Waals surface area (Å²) >= 11 is 3.51. The molecule has 0 aliphatic heterocycles. The van der Waals surface area contributed by atoms with Gasteiger partial charge in [0.1, 0.15) is 5.75 Å². The molecule has 0 aromatic heterocycles. The monoisotopic (exact) mass is 327 g/mol. The van der Waals surface area contributed by atoms with Crippen molar-refractivity contribution in [3.05, 3.63) is 28.2 Å². The summed E-state index contributed by atoms with van der Waals surface area (Å²) in [5, 5.41) is 0. The Labute approximate surface area is 125 Å². The smallest absolute Gasteiger partial charge is 0.122 e. The van der Waals surface area contributed by atoms with E-state index in [0.29, 0.717) is 0 Å². The maximum Gasteiger partial charge on any atom is 0.122 e. The number of benzene rings is 1. The van der Waals surface area contributed by atoms with Gasteiger partial charge >= 0.3 is 0 Å². The molecule has 19 heavy (non-hydrogen) atoms. The van der Waals surface area contributed by atoms with Gasteiger partial charge in [0.15, 0.2) is 0 Å². The first kappa shape index (κ1) is 16.5. The summed E-state index contributed by atoms with van der Waals surface area (Å²) in [6, 6.07) is 6.40. The summed E-state index contributed by atoms with van der Waals surface area (Å²) < 4.78 is 6.99. The predicted octanol–water partition coefficient (Wildman–Crippen LogP) is 4.69. The Morgan fingerprint density at radius 3 is 2.68 bits per heavy atom. The topological polar surface area (TPSA) is 35.2 Å². The lowest BCUT2D eigenvalue weighted by atomic mass is 10.0. The Morgan fingerprint density at radius 1 is 1.21 bits per heavy atom. The standard InChI is InChI=1S/C16H26BrNO/c1-3-5-6-7-10-19-16-9-8-14(17)11-13(16)12-15(18)4-2/h8-9,11,15H,3-7,10,12,18H2,1-2H3. The van der Waals surface area contributed by atoms with Gasteiger partial charge in [-0.3, -0.25) is 0 Å². The normalized spacial score (nSPS) is 12.4. The van der Waals surface area contributed by atoms with Crippen LogP contribution in [-0.2, 0) is 6.42 Å². The van der Waals surface area contributed by atoms with Gasteiger partial charge in [0, 0.05) is 10.5 Å². The third-order valence-corrected chi connectivity index (χ3v) is 3.78. The highest BCUT2D eigenvalue weighted by atomic mass is 79.9. The van der Waals surface area contributed by atoms with E-state index in [1.54, 1.807) is 0 Å². The summed E-state index contributed by atoms with van der Waals surface area (Å²) in [6.07, 6.45) is 6.79. The molecule has 2 nitrogen and oxygen atoms in total. The van der Waals surface area contributed by atoms with Gasteiger partial charge in [-0.2, -0.15) is 0 Å². The number of hydrogen-bond donors (Lipinski definition) is 1. The van der Waals surface area contributed by atoms with Crippen molar-refractivity contribution in [3.8, 4) is 5.75 Å². The molecule has 0 amide bonds. The third-order valence-electron chi connectivity index (χ3n) is 3.28. The summed E-state index contributed by atoms with van der Waals surface area (Å²) in [5.74, 6) is 0.989. The van der Waals surface area contributed by atoms with Gasteiger partial charge in [0.05, 0.1) is 6.61 Å². The van der Waals surface area contributed by atoms with E-state index in [1.165, 1.54) is 24.8 Å². The van der Waals surface area contributed by atoms with E-state index in [2.05, 4.69) is 35.8 Å². The van der Waals surface area contributed by atoms with Gasteiger partial charge in [-0.25, -0.2) is 0 Å². The van der Waals surface area contributed by atoms with E-state index in [4.69, 9.17) is 10.5 Å². The van der Waals surface area contributed by atoms with E-state index in [9.17, 15) is 0 Å². The fraction of sp³-hybridized carbons (Fsp3) is 0.625. The first-order valence-corrected chi connectivity index (χ1v) is 8.13. The molecule has 1 rings (SSSR count). The highest BCUT2D eigenvalue weighted by Gasteiger charge is 2.08. The maximum atomic E-state index is 6.05. The second-order valence-corrected chi connectivity index (χ2v) is 5.95. The molecule has 0 bridgehead atoms. The lowest BCUT2D eigenvalue weighted by Gasteiger charge is -2.15. The Bertz CT molecular complexity index is 368. The van der Waals surface area contributed by atoms with E-state index in [0.717, 1.165) is 36.1 Å². The van der Waals surface area contributed by atoms with E-state index >= 15 is 0 Å². The summed E-state index contributed by atoms with van der Waals surface area (Å²) in [5.41, 5.74) is 7.26. The SMILES string of the molecule is CCCCCCOc1ccc(Br)cc1CC(N)CC. The molecule has 1 atom stereocenters. The number of rotatable bonds is 9. The molecule has 1 aromatic rings. The molecule has 0 heterocycles. The molecule has 2 N–H and O–H groups in total. The summed E-state index contributed by atoms with van der Waals surface area (Å²) in [6.45, 7) is 5.14. The Morgan fingerprint density at radius 2 is 2.00 bits per heavy atom. The number of hydrogen-bond acceptors (Lipinski definition) is 2. The maximum absolute atomic E-state index is 6.05. The highest BCUT2D eigenvalue weighted by Crippen LogP contribution is 2.25. The quantitative estimate of drug-likeness (QED) is 0.668. The van der Waals surface area contributed by atoms with Crippen molar-refractivity contribution in [3.63, 3.8) is 0 Å². The zero-order valence-corrected chi connectivity index (χ0v) is 13.7. The predicted molar refractivity (Wildman–Crippen MR) is 85.7 cm³/mol. The molecule has 0 aliphatic rings. The zero-order chi connectivity index (χ0) is 14.1. The fourth-order valence-corrected chi connectivity index (χ4v) is 2.39. The number of ether oxygens (including phenoxy) is 1. The molecular weight excluding hydrogens is 302 g/mol. The minimum absolute atomic E-state index is 0.205. The van der Waals surface area contributed by atoms with Crippen LogP contribution in [-0.4, -0.2) is 12.6 Å². The van der Waals surface area contributed by atoms with Crippen LogP contribution in [0.3, 0.4) is 0 Å². The highest BCUT2D eigenvalue weighted by molar-refractivity contribution is 9.10. The molecule has 3 heteroatoms. The average Bonchev–Trinajstić information content (AvgIpc) is 2.40. The molecule has 0 radical (unpaired) electrons. The molecule has 108 valence electrons. The van der Waals surface area contributed by atoms with Gasteiger partial charge < -0.3 is 10.5 Å². The van der Waals surface area contributed by atoms with Crippen LogP contribution in [0.1, 0.15) is 51.5 Å². The van der Waals surface area contributed by atoms with Gasteiger partial charge in [-0.05, 0) is 43.0 Å². The van der Waals surface area contributed by atoms with Crippen molar-refractivity contribution in [1.29, 1.82) is 0 Å². The van der Waals surface area contributed by atoms with Crippen LogP contribution in [0.15, 0.2) is 22.7 Å². The summed E-state index contributed by atoms with van der Waals surface area (Å²) in [7, 11) is 0. The Balaban J connectivity index is 2.55. The third kappa shape index (κ3) is 6.44. The van der Waals surface area contributed by atoms with Crippen molar-refractivity contribution < 1.29 is 4.74 Å². The van der Waals surface area contributed by atoms with Gasteiger partial charge in [-0.1, -0.05) is 49.0 Å². The van der Waals surface area contributed by atoms with Crippen LogP contribution < -0.4 is 10.5 Å². The second kappa shape index (κ2) is 9.38. The van der Waals surface area contributed by atoms with Gasteiger partial charge in [0.25, 0.3) is 0 Å². The molecule has 0 fully saturated rings. The number of nitrogens with two attached hydrogens (primary N) is 1. The van der Waals surface area contributed by atoms with Gasteiger partial charge in [-0.15, -0.1) is 0 Å². The van der Waals surface area contributed by atoms with Crippen molar-refractivity contribution in [1.82, 2.24) is 0 Å². The average molecular weight is 328 g/mol. The van der Waals surface area contributed by atoms with Crippen LogP contribution in [0.4, 0.5) is 0 Å². The summed E-state index contributed by atoms with van der Waals surface area (Å²) in [4.78, 5) is 0. The molecule has 0 spiro atoms. The lowest BCUT2D eigenvalue weighted by molar-refractivity contribution is 0.301. The van der Waals surface area contributed by atoms with Crippen LogP contribution in [0.2, 0.25) is 0 Å². The first-order valence-electron chi connectivity index (χ1n) is 7.34. The Hall–Kier alpha value is -0.540. The lowest BCUT2D eigenvalue weighted by Crippen LogP contribution is -2.21. The minimum Gasteiger partial charge on any atom is -0.493 e. The van der Waals surface area contributed by atoms with Crippen molar-refractivity contribution >= 4 is 15.9 Å². The van der Waals surface area contributed by atoms with Crippen molar-refractivity contribution in [2.75, 3.05) is 6.61 Å². The number of halogens is 1. The molecule has 1 aromatic carbocycles. The molecule has 1 unspecified atom stereocenters. The van der Waals surface area contributed by atoms with Crippen molar-refractivity contribution in [2.24, 2.45) is 5.73 Å². The molecule has 0 saturated heterocycles. The largest absolute Gasteiger partial charge is 0.493 e. The van der Waals surface area contributed by atoms with Gasteiger partial charge in [0.2, 0.25) is 0 Å². The van der Waals surface area contributed by atoms with Crippen molar-refractivity contribution in [2.45, 2.75) is 58.4 Å².